The summed E-state index contributed by atoms with van der Waals surface area (Å²) in [4.78, 5) is 37.7. The van der Waals surface area contributed by atoms with Crippen molar-refractivity contribution in [3.05, 3.63) is 36.0 Å². The quantitative estimate of drug-likeness (QED) is 0.508. The Morgan fingerprint density at radius 3 is 2.45 bits per heavy atom. The zero-order chi connectivity index (χ0) is 22.0. The highest BCUT2D eigenvalue weighted by atomic mass is 16.2. The van der Waals surface area contributed by atoms with Crippen LogP contribution in [0.2, 0.25) is 0 Å². The van der Waals surface area contributed by atoms with Crippen LogP contribution in [0, 0.1) is 17.7 Å². The predicted octanol–water partition coefficient (Wildman–Crippen LogP) is 2.91. The van der Waals surface area contributed by atoms with E-state index in [-0.39, 0.29) is 36.4 Å². The maximum absolute atomic E-state index is 12.1. The molecule has 1 aromatic carbocycles. The molecule has 0 fully saturated rings. The van der Waals surface area contributed by atoms with Gasteiger partial charge < -0.3 is 21.4 Å². The van der Waals surface area contributed by atoms with Crippen LogP contribution in [-0.2, 0) is 14.4 Å². The SMILES string of the molecule is CC(C)(C)CC(=O)C(CCC(=O)C=N)NC(=O)CN.Cc1c[nH]c2ccccc12. The summed E-state index contributed by atoms with van der Waals surface area (Å²) < 4.78 is 0. The van der Waals surface area contributed by atoms with Crippen molar-refractivity contribution in [3.8, 4) is 0 Å². The maximum atomic E-state index is 12.1. The first kappa shape index (κ1) is 24.2. The van der Waals surface area contributed by atoms with Crippen LogP contribution in [0.25, 0.3) is 10.9 Å². The largest absolute Gasteiger partial charge is 0.361 e. The van der Waals surface area contributed by atoms with Gasteiger partial charge in [-0.15, -0.1) is 0 Å². The summed E-state index contributed by atoms with van der Waals surface area (Å²) in [6.07, 6.45) is 3.33. The fourth-order valence-electron chi connectivity index (χ4n) is 2.79. The van der Waals surface area contributed by atoms with E-state index in [1.165, 1.54) is 16.5 Å². The van der Waals surface area contributed by atoms with E-state index in [2.05, 4.69) is 35.4 Å². The van der Waals surface area contributed by atoms with Crippen molar-refractivity contribution in [2.75, 3.05) is 6.54 Å². The number of nitrogens with two attached hydrogens (primary N) is 1. The molecule has 5 N–H and O–H groups in total. The first-order valence-electron chi connectivity index (χ1n) is 9.65. The second-order valence-corrected chi connectivity index (χ2v) is 8.19. The lowest BCUT2D eigenvalue weighted by Gasteiger charge is -2.22. The summed E-state index contributed by atoms with van der Waals surface area (Å²) >= 11 is 0. The Morgan fingerprint density at radius 1 is 1.24 bits per heavy atom. The molecule has 7 heteroatoms. The first-order valence-corrected chi connectivity index (χ1v) is 9.65. The molecule has 0 radical (unpaired) electrons. The fourth-order valence-corrected chi connectivity index (χ4v) is 2.79. The van der Waals surface area contributed by atoms with Gasteiger partial charge in [-0.1, -0.05) is 39.0 Å². The molecule has 1 amide bonds. The van der Waals surface area contributed by atoms with E-state index in [1.807, 2.05) is 33.0 Å². The van der Waals surface area contributed by atoms with Gasteiger partial charge in [-0.25, -0.2) is 0 Å². The molecular formula is C22H32N4O3. The number of carbonyl (C=O) groups excluding carboxylic acids is 3. The molecule has 2 aromatic rings. The van der Waals surface area contributed by atoms with Crippen LogP contribution < -0.4 is 11.1 Å². The van der Waals surface area contributed by atoms with Crippen LogP contribution in [0.4, 0.5) is 0 Å². The van der Waals surface area contributed by atoms with Crippen molar-refractivity contribution in [1.82, 2.24) is 10.3 Å². The number of Topliss-reactive ketones (excluding diaryl/α,β-unsaturated/α-hetero) is 2. The number of nitrogens with one attached hydrogen (secondary N) is 3. The topological polar surface area (TPSA) is 129 Å². The second-order valence-electron chi connectivity index (χ2n) is 8.19. The summed E-state index contributed by atoms with van der Waals surface area (Å²) in [5.74, 6) is -0.905. The Balaban J connectivity index is 0.000000345. The Morgan fingerprint density at radius 2 is 1.90 bits per heavy atom. The third kappa shape index (κ3) is 8.83. The summed E-state index contributed by atoms with van der Waals surface area (Å²) in [6.45, 7) is 7.69. The number of benzene rings is 1. The van der Waals surface area contributed by atoms with E-state index >= 15 is 0 Å². The standard InChI is InChI=1S/C13H23N3O3.C9H9N/c1-13(2,3)6-11(18)10(16-12(19)8-15)5-4-9(17)7-14;1-7-6-10-9-5-3-2-4-8(7)9/h7,10,14H,4-6,8,15H2,1-3H3,(H,16,19);2-6,10H,1H3. The van der Waals surface area contributed by atoms with E-state index < -0.39 is 11.9 Å². The number of amides is 1. The molecule has 0 aliphatic carbocycles. The summed E-state index contributed by atoms with van der Waals surface area (Å²) in [5.41, 5.74) is 7.55. The normalized spacial score (nSPS) is 11.9. The van der Waals surface area contributed by atoms with E-state index in [0.717, 1.165) is 6.21 Å². The van der Waals surface area contributed by atoms with Crippen molar-refractivity contribution in [2.24, 2.45) is 11.1 Å². The van der Waals surface area contributed by atoms with Crippen molar-refractivity contribution in [1.29, 1.82) is 5.41 Å². The number of hydrogen-bond donors (Lipinski definition) is 4. The highest BCUT2D eigenvalue weighted by molar-refractivity contribution is 6.26. The predicted molar refractivity (Wildman–Crippen MR) is 116 cm³/mol. The minimum atomic E-state index is -0.709. The van der Waals surface area contributed by atoms with Crippen molar-refractivity contribution < 1.29 is 14.4 Å². The first-order chi connectivity index (χ1) is 13.6. The highest BCUT2D eigenvalue weighted by Crippen LogP contribution is 2.20. The van der Waals surface area contributed by atoms with Crippen molar-refractivity contribution in [3.63, 3.8) is 0 Å². The molecule has 0 bridgehead atoms. The molecule has 0 spiro atoms. The summed E-state index contributed by atoms with van der Waals surface area (Å²) in [5, 5.41) is 10.7. The van der Waals surface area contributed by atoms with E-state index in [1.54, 1.807) is 0 Å². The molecule has 1 aromatic heterocycles. The number of hydrogen-bond acceptors (Lipinski definition) is 5. The van der Waals surface area contributed by atoms with E-state index in [4.69, 9.17) is 11.1 Å². The minimum Gasteiger partial charge on any atom is -0.361 e. The number of para-hydroxylation sites is 1. The van der Waals surface area contributed by atoms with Gasteiger partial charge >= 0.3 is 0 Å². The molecule has 7 nitrogen and oxygen atoms in total. The lowest BCUT2D eigenvalue weighted by molar-refractivity contribution is -0.128. The van der Waals surface area contributed by atoms with Crippen LogP contribution in [0.15, 0.2) is 30.5 Å². The van der Waals surface area contributed by atoms with Gasteiger partial charge in [0.05, 0.1) is 18.8 Å². The minimum absolute atomic E-state index is 0.0644. The Bertz CT molecular complexity index is 849. The number of rotatable bonds is 8. The van der Waals surface area contributed by atoms with Crippen LogP contribution >= 0.6 is 0 Å². The number of fused-ring (bicyclic) bond motifs is 1. The van der Waals surface area contributed by atoms with Crippen molar-refractivity contribution >= 4 is 34.6 Å². The molecular weight excluding hydrogens is 368 g/mol. The Kier molecular flexibility index (Phi) is 9.41. The maximum Gasteiger partial charge on any atom is 0.234 e. The smallest absolute Gasteiger partial charge is 0.234 e. The number of aryl methyl sites for hydroxylation is 1. The van der Waals surface area contributed by atoms with Crippen LogP contribution in [0.5, 0.6) is 0 Å². The van der Waals surface area contributed by atoms with Crippen LogP contribution in [-0.4, -0.2) is 41.3 Å². The molecule has 158 valence electrons. The fraction of sp³-hybridized carbons (Fsp3) is 0.455. The number of aromatic amines is 1. The van der Waals surface area contributed by atoms with E-state index in [0.29, 0.717) is 6.42 Å². The average Bonchev–Trinajstić information content (AvgIpc) is 3.05. The van der Waals surface area contributed by atoms with Gasteiger partial charge in [-0.3, -0.25) is 14.4 Å². The molecule has 1 heterocycles. The number of H-pyrrole nitrogens is 1. The second kappa shape index (κ2) is 11.3. The Labute approximate surface area is 171 Å². The van der Waals surface area contributed by atoms with Gasteiger partial charge in [-0.05, 0) is 30.4 Å². The third-order valence-corrected chi connectivity index (χ3v) is 4.25. The highest BCUT2D eigenvalue weighted by Gasteiger charge is 2.25. The number of aromatic nitrogens is 1. The van der Waals surface area contributed by atoms with Gasteiger partial charge in [0.15, 0.2) is 11.6 Å². The van der Waals surface area contributed by atoms with Crippen LogP contribution in [0.1, 0.15) is 45.6 Å². The van der Waals surface area contributed by atoms with Gasteiger partial charge in [0.2, 0.25) is 5.91 Å². The van der Waals surface area contributed by atoms with Crippen LogP contribution in [0.3, 0.4) is 0 Å². The molecule has 1 unspecified atom stereocenters. The lowest BCUT2D eigenvalue weighted by Crippen LogP contribution is -2.44. The summed E-state index contributed by atoms with van der Waals surface area (Å²) in [6, 6.07) is 7.60. The average molecular weight is 401 g/mol. The van der Waals surface area contributed by atoms with Crippen molar-refractivity contribution in [2.45, 2.75) is 53.0 Å². The molecule has 29 heavy (non-hydrogen) atoms. The third-order valence-electron chi connectivity index (χ3n) is 4.25. The summed E-state index contributed by atoms with van der Waals surface area (Å²) in [7, 11) is 0. The van der Waals surface area contributed by atoms with Gasteiger partial charge in [-0.2, -0.15) is 0 Å². The zero-order valence-electron chi connectivity index (χ0n) is 17.7. The number of carbonyl (C=O) groups is 3. The van der Waals surface area contributed by atoms with Gasteiger partial charge in [0.1, 0.15) is 0 Å². The molecule has 1 atom stereocenters. The lowest BCUT2D eigenvalue weighted by atomic mass is 9.86. The number of ketones is 2. The van der Waals surface area contributed by atoms with Gasteiger partial charge in [0, 0.05) is 29.9 Å². The van der Waals surface area contributed by atoms with Gasteiger partial charge in [0.25, 0.3) is 0 Å². The monoisotopic (exact) mass is 400 g/mol. The molecule has 0 aliphatic heterocycles. The molecule has 0 saturated heterocycles. The molecule has 0 saturated carbocycles. The Hall–Kier alpha value is -2.80. The molecule has 2 rings (SSSR count). The molecule has 0 aliphatic rings. The van der Waals surface area contributed by atoms with E-state index in [9.17, 15) is 14.4 Å². The zero-order valence-corrected chi connectivity index (χ0v) is 17.7.